The third-order valence-electron chi connectivity index (χ3n) is 3.14. The fourth-order valence-corrected chi connectivity index (χ4v) is 1.99. The van der Waals surface area contributed by atoms with Gasteiger partial charge in [0.2, 0.25) is 0 Å². The number of nitrogens with two attached hydrogens (primary N) is 1. The molecule has 2 aromatic rings. The van der Waals surface area contributed by atoms with Gasteiger partial charge in [-0.15, -0.1) is 0 Å². The van der Waals surface area contributed by atoms with Gasteiger partial charge in [-0.05, 0) is 49.9 Å². The smallest absolute Gasteiger partial charge is 0.169 e. The molecular weight excluding hydrogens is 200 g/mol. The lowest BCUT2D eigenvalue weighted by Crippen LogP contribution is -1.94. The van der Waals surface area contributed by atoms with Crippen molar-refractivity contribution in [2.75, 3.05) is 5.73 Å². The molecule has 0 aliphatic rings. The van der Waals surface area contributed by atoms with Gasteiger partial charge in [0.05, 0.1) is 0 Å². The van der Waals surface area contributed by atoms with Gasteiger partial charge in [0.1, 0.15) is 0 Å². The molecular formula is C13H16N2O. The van der Waals surface area contributed by atoms with E-state index in [9.17, 15) is 0 Å². The minimum Gasteiger partial charge on any atom is -0.381 e. The van der Waals surface area contributed by atoms with E-state index in [4.69, 9.17) is 10.3 Å². The maximum atomic E-state index is 5.59. The summed E-state index contributed by atoms with van der Waals surface area (Å²) in [4.78, 5) is 0. The van der Waals surface area contributed by atoms with E-state index in [0.29, 0.717) is 5.82 Å². The fourth-order valence-electron chi connectivity index (χ4n) is 1.99. The average molecular weight is 216 g/mol. The Bertz CT molecular complexity index is 515. The summed E-state index contributed by atoms with van der Waals surface area (Å²) in [5.41, 5.74) is 11.7. The van der Waals surface area contributed by atoms with Gasteiger partial charge in [-0.2, -0.15) is 0 Å². The first-order valence-corrected chi connectivity index (χ1v) is 5.30. The second-order valence-corrected chi connectivity index (χ2v) is 4.25. The number of hydrogen-bond acceptors (Lipinski definition) is 3. The van der Waals surface area contributed by atoms with Crippen LogP contribution in [0.2, 0.25) is 0 Å². The topological polar surface area (TPSA) is 52.0 Å². The van der Waals surface area contributed by atoms with Crippen molar-refractivity contribution in [3.63, 3.8) is 0 Å². The molecule has 2 rings (SSSR count). The Balaban J connectivity index is 2.73. The predicted octanol–water partition coefficient (Wildman–Crippen LogP) is 3.16. The van der Waals surface area contributed by atoms with Gasteiger partial charge >= 0.3 is 0 Å². The summed E-state index contributed by atoms with van der Waals surface area (Å²) in [5, 5.41) is 3.74. The van der Waals surface area contributed by atoms with Gasteiger partial charge in [0, 0.05) is 11.6 Å². The quantitative estimate of drug-likeness (QED) is 0.796. The maximum absolute atomic E-state index is 5.59. The minimum absolute atomic E-state index is 0.424. The first kappa shape index (κ1) is 10.7. The molecule has 0 fully saturated rings. The van der Waals surface area contributed by atoms with Crippen molar-refractivity contribution in [2.45, 2.75) is 27.7 Å². The highest BCUT2D eigenvalue weighted by atomic mass is 16.5. The zero-order chi connectivity index (χ0) is 11.9. The van der Waals surface area contributed by atoms with E-state index in [1.165, 1.54) is 22.3 Å². The molecule has 0 bridgehead atoms. The van der Waals surface area contributed by atoms with Crippen molar-refractivity contribution in [2.24, 2.45) is 0 Å². The predicted molar refractivity (Wildman–Crippen MR) is 65.3 cm³/mol. The lowest BCUT2D eigenvalue weighted by atomic mass is 9.93. The van der Waals surface area contributed by atoms with Crippen molar-refractivity contribution >= 4 is 5.82 Å². The van der Waals surface area contributed by atoms with E-state index < -0.39 is 0 Å². The number of aryl methyl sites for hydroxylation is 2. The highest BCUT2D eigenvalue weighted by Gasteiger charge is 2.14. The molecule has 16 heavy (non-hydrogen) atoms. The molecule has 0 atom stereocenters. The number of nitrogens with zero attached hydrogens (tertiary/aromatic N) is 1. The fraction of sp³-hybridized carbons (Fsp3) is 0.308. The Kier molecular flexibility index (Phi) is 2.46. The molecule has 1 aromatic heterocycles. The van der Waals surface area contributed by atoms with Crippen LogP contribution in [-0.4, -0.2) is 5.16 Å². The van der Waals surface area contributed by atoms with Crippen LogP contribution in [0.5, 0.6) is 0 Å². The molecule has 1 aromatic carbocycles. The second-order valence-electron chi connectivity index (χ2n) is 4.25. The normalized spacial score (nSPS) is 10.8. The van der Waals surface area contributed by atoms with Crippen LogP contribution >= 0.6 is 0 Å². The second kappa shape index (κ2) is 3.67. The van der Waals surface area contributed by atoms with Crippen LogP contribution in [0.15, 0.2) is 16.7 Å². The first-order valence-electron chi connectivity index (χ1n) is 5.30. The molecule has 0 amide bonds. The summed E-state index contributed by atoms with van der Waals surface area (Å²) in [6.07, 6.45) is 0. The highest BCUT2D eigenvalue weighted by molar-refractivity contribution is 5.70. The van der Waals surface area contributed by atoms with Crippen LogP contribution < -0.4 is 5.73 Å². The molecule has 0 radical (unpaired) electrons. The summed E-state index contributed by atoms with van der Waals surface area (Å²) in [7, 11) is 0. The van der Waals surface area contributed by atoms with Crippen molar-refractivity contribution in [1.29, 1.82) is 0 Å². The zero-order valence-electron chi connectivity index (χ0n) is 10.1. The Morgan fingerprint density at radius 1 is 1.00 bits per heavy atom. The van der Waals surface area contributed by atoms with Crippen molar-refractivity contribution in [1.82, 2.24) is 5.16 Å². The van der Waals surface area contributed by atoms with Gasteiger partial charge < -0.3 is 10.3 Å². The van der Waals surface area contributed by atoms with E-state index in [2.05, 4.69) is 38.9 Å². The molecule has 0 unspecified atom stereocenters. The van der Waals surface area contributed by atoms with Crippen LogP contribution in [0.1, 0.15) is 22.3 Å². The van der Waals surface area contributed by atoms with Crippen LogP contribution in [0, 0.1) is 27.7 Å². The summed E-state index contributed by atoms with van der Waals surface area (Å²) < 4.78 is 5.25. The number of benzene rings is 1. The standard InChI is InChI=1S/C13H16N2O/c1-7-5-8(2)10(4)13(9(7)3)11-6-12(14)15-16-11/h5-6H,1-4H3,(H2,14,15). The Hall–Kier alpha value is -1.77. The van der Waals surface area contributed by atoms with Gasteiger partial charge in [-0.1, -0.05) is 11.2 Å². The Morgan fingerprint density at radius 2 is 1.56 bits per heavy atom. The van der Waals surface area contributed by atoms with Crippen molar-refractivity contribution in [3.8, 4) is 11.3 Å². The molecule has 3 heteroatoms. The molecule has 3 nitrogen and oxygen atoms in total. The van der Waals surface area contributed by atoms with E-state index in [1.54, 1.807) is 6.07 Å². The molecule has 0 aliphatic heterocycles. The number of hydrogen-bond donors (Lipinski definition) is 1. The highest BCUT2D eigenvalue weighted by Crippen LogP contribution is 2.32. The van der Waals surface area contributed by atoms with Crippen molar-refractivity contribution in [3.05, 3.63) is 34.4 Å². The largest absolute Gasteiger partial charge is 0.381 e. The molecule has 0 aliphatic carbocycles. The monoisotopic (exact) mass is 216 g/mol. The van der Waals surface area contributed by atoms with E-state index in [1.807, 2.05) is 0 Å². The number of nitrogen functional groups attached to an aromatic ring is 1. The van der Waals surface area contributed by atoms with E-state index in [0.717, 1.165) is 11.3 Å². The van der Waals surface area contributed by atoms with Crippen LogP contribution in [0.25, 0.3) is 11.3 Å². The minimum atomic E-state index is 0.424. The molecule has 84 valence electrons. The summed E-state index contributed by atoms with van der Waals surface area (Å²) in [6.45, 7) is 8.39. The van der Waals surface area contributed by atoms with Crippen LogP contribution in [0.3, 0.4) is 0 Å². The Labute approximate surface area is 95.3 Å². The van der Waals surface area contributed by atoms with E-state index in [-0.39, 0.29) is 0 Å². The summed E-state index contributed by atoms with van der Waals surface area (Å²) in [5.74, 6) is 1.17. The van der Waals surface area contributed by atoms with Gasteiger partial charge in [-0.25, -0.2) is 0 Å². The SMILES string of the molecule is Cc1cc(C)c(C)c(-c2cc(N)no2)c1C. The summed E-state index contributed by atoms with van der Waals surface area (Å²) >= 11 is 0. The van der Waals surface area contributed by atoms with Gasteiger partial charge in [0.15, 0.2) is 11.6 Å². The maximum Gasteiger partial charge on any atom is 0.169 e. The molecule has 0 saturated heterocycles. The van der Waals surface area contributed by atoms with Crippen molar-refractivity contribution < 1.29 is 4.52 Å². The first-order chi connectivity index (χ1) is 7.50. The van der Waals surface area contributed by atoms with Gasteiger partial charge in [-0.3, -0.25) is 0 Å². The lowest BCUT2D eigenvalue weighted by molar-refractivity contribution is 0.435. The number of rotatable bonds is 1. The number of anilines is 1. The summed E-state index contributed by atoms with van der Waals surface area (Å²) in [6, 6.07) is 3.96. The molecule has 2 N–H and O–H groups in total. The van der Waals surface area contributed by atoms with Crippen LogP contribution in [0.4, 0.5) is 5.82 Å². The third-order valence-corrected chi connectivity index (χ3v) is 3.14. The lowest BCUT2D eigenvalue weighted by Gasteiger charge is -2.12. The van der Waals surface area contributed by atoms with Gasteiger partial charge in [0.25, 0.3) is 0 Å². The molecule has 1 heterocycles. The number of aromatic nitrogens is 1. The Morgan fingerprint density at radius 3 is 2.00 bits per heavy atom. The molecule has 0 saturated carbocycles. The average Bonchev–Trinajstić information content (AvgIpc) is 2.62. The third kappa shape index (κ3) is 1.58. The van der Waals surface area contributed by atoms with Crippen LogP contribution in [-0.2, 0) is 0 Å². The van der Waals surface area contributed by atoms with E-state index >= 15 is 0 Å². The molecule has 0 spiro atoms. The zero-order valence-corrected chi connectivity index (χ0v) is 10.1.